The van der Waals surface area contributed by atoms with Gasteiger partial charge in [-0.1, -0.05) is 60.7 Å². The molecule has 2 N–H and O–H groups in total. The quantitative estimate of drug-likeness (QED) is 0.495. The molecular formula is C20H19NO. The van der Waals surface area contributed by atoms with E-state index in [0.29, 0.717) is 0 Å². The SMILES string of the molecule is C=CCC(Nc1ccccc1O)c1cccc2ccccc12. The molecule has 0 aliphatic heterocycles. The molecule has 3 aromatic carbocycles. The summed E-state index contributed by atoms with van der Waals surface area (Å²) in [5.74, 6) is 0.261. The minimum Gasteiger partial charge on any atom is -0.506 e. The van der Waals surface area contributed by atoms with Gasteiger partial charge in [0.2, 0.25) is 0 Å². The van der Waals surface area contributed by atoms with Gasteiger partial charge in [-0.25, -0.2) is 0 Å². The maximum Gasteiger partial charge on any atom is 0.138 e. The molecule has 0 saturated carbocycles. The van der Waals surface area contributed by atoms with Crippen LogP contribution in [0.15, 0.2) is 79.4 Å². The van der Waals surface area contributed by atoms with Crippen molar-refractivity contribution in [1.29, 1.82) is 0 Å². The van der Waals surface area contributed by atoms with Crippen LogP contribution in [0.2, 0.25) is 0 Å². The molecule has 2 nitrogen and oxygen atoms in total. The molecule has 0 aliphatic carbocycles. The van der Waals surface area contributed by atoms with Gasteiger partial charge in [-0.15, -0.1) is 6.58 Å². The second-order valence-corrected chi connectivity index (χ2v) is 5.31. The lowest BCUT2D eigenvalue weighted by Gasteiger charge is -2.21. The number of hydrogen-bond acceptors (Lipinski definition) is 2. The van der Waals surface area contributed by atoms with E-state index in [2.05, 4.69) is 48.3 Å². The molecular weight excluding hydrogens is 270 g/mol. The van der Waals surface area contributed by atoms with Gasteiger partial charge in [0, 0.05) is 0 Å². The number of anilines is 1. The summed E-state index contributed by atoms with van der Waals surface area (Å²) < 4.78 is 0. The number of benzene rings is 3. The number of phenols is 1. The molecule has 0 amide bonds. The number of hydrogen-bond donors (Lipinski definition) is 2. The van der Waals surface area contributed by atoms with E-state index in [1.54, 1.807) is 6.07 Å². The Balaban J connectivity index is 2.03. The summed E-state index contributed by atoms with van der Waals surface area (Å²) in [7, 11) is 0. The Hall–Kier alpha value is -2.74. The Morgan fingerprint density at radius 1 is 0.955 bits per heavy atom. The molecule has 0 bridgehead atoms. The van der Waals surface area contributed by atoms with Crippen LogP contribution < -0.4 is 5.32 Å². The average Bonchev–Trinajstić information content (AvgIpc) is 2.56. The first-order valence-corrected chi connectivity index (χ1v) is 7.42. The molecule has 0 fully saturated rings. The highest BCUT2D eigenvalue weighted by molar-refractivity contribution is 5.86. The molecule has 22 heavy (non-hydrogen) atoms. The lowest BCUT2D eigenvalue weighted by Crippen LogP contribution is -2.10. The third kappa shape index (κ3) is 2.82. The molecule has 0 radical (unpaired) electrons. The Morgan fingerprint density at radius 2 is 1.68 bits per heavy atom. The van der Waals surface area contributed by atoms with Crippen molar-refractivity contribution in [3.8, 4) is 5.75 Å². The zero-order chi connectivity index (χ0) is 15.4. The van der Waals surface area contributed by atoms with Crippen LogP contribution in [-0.4, -0.2) is 5.11 Å². The van der Waals surface area contributed by atoms with E-state index in [9.17, 15) is 5.11 Å². The zero-order valence-corrected chi connectivity index (χ0v) is 12.4. The van der Waals surface area contributed by atoms with E-state index in [1.807, 2.05) is 30.3 Å². The summed E-state index contributed by atoms with van der Waals surface area (Å²) in [6.07, 6.45) is 2.68. The summed E-state index contributed by atoms with van der Waals surface area (Å²) in [6, 6.07) is 22.0. The van der Waals surface area contributed by atoms with Crippen LogP contribution >= 0.6 is 0 Å². The third-order valence-electron chi connectivity index (χ3n) is 3.83. The Kier molecular flexibility index (Phi) is 4.10. The van der Waals surface area contributed by atoms with Crippen LogP contribution in [0.1, 0.15) is 18.0 Å². The predicted molar refractivity (Wildman–Crippen MR) is 93.2 cm³/mol. The van der Waals surface area contributed by atoms with Crippen molar-refractivity contribution >= 4 is 16.5 Å². The Labute approximate surface area is 130 Å². The van der Waals surface area contributed by atoms with Gasteiger partial charge in [-0.3, -0.25) is 0 Å². The summed E-state index contributed by atoms with van der Waals surface area (Å²) >= 11 is 0. The van der Waals surface area contributed by atoms with Crippen LogP contribution in [0.3, 0.4) is 0 Å². The lowest BCUT2D eigenvalue weighted by atomic mass is 9.96. The van der Waals surface area contributed by atoms with Gasteiger partial charge in [0.15, 0.2) is 0 Å². The first kappa shape index (κ1) is 14.2. The number of nitrogens with one attached hydrogen (secondary N) is 1. The highest BCUT2D eigenvalue weighted by atomic mass is 16.3. The maximum atomic E-state index is 10.00. The van der Waals surface area contributed by atoms with Crippen LogP contribution in [0.4, 0.5) is 5.69 Å². The molecule has 0 aromatic heterocycles. The standard InChI is InChI=1S/C20H19NO/c1-2-8-18(21-19-13-5-6-14-20(19)22)17-12-7-10-15-9-3-4-11-16(15)17/h2-7,9-14,18,21-22H,1,8H2. The van der Waals surface area contributed by atoms with Crippen molar-refractivity contribution in [2.75, 3.05) is 5.32 Å². The third-order valence-corrected chi connectivity index (χ3v) is 3.83. The Bertz CT molecular complexity index is 789. The number of fused-ring (bicyclic) bond motifs is 1. The van der Waals surface area contributed by atoms with Gasteiger partial charge in [-0.2, -0.15) is 0 Å². The Morgan fingerprint density at radius 3 is 2.50 bits per heavy atom. The molecule has 1 unspecified atom stereocenters. The number of para-hydroxylation sites is 2. The van der Waals surface area contributed by atoms with Crippen molar-refractivity contribution in [3.63, 3.8) is 0 Å². The van der Waals surface area contributed by atoms with Gasteiger partial charge in [0.05, 0.1) is 11.7 Å². The first-order chi connectivity index (χ1) is 10.8. The molecule has 3 aromatic rings. The van der Waals surface area contributed by atoms with Gasteiger partial charge >= 0.3 is 0 Å². The highest BCUT2D eigenvalue weighted by Gasteiger charge is 2.14. The van der Waals surface area contributed by atoms with E-state index < -0.39 is 0 Å². The van der Waals surface area contributed by atoms with Crippen LogP contribution in [0, 0.1) is 0 Å². The largest absolute Gasteiger partial charge is 0.506 e. The fourth-order valence-corrected chi connectivity index (χ4v) is 2.77. The normalized spacial score (nSPS) is 12.0. The smallest absolute Gasteiger partial charge is 0.138 e. The lowest BCUT2D eigenvalue weighted by molar-refractivity contribution is 0.476. The maximum absolute atomic E-state index is 10.00. The predicted octanol–water partition coefficient (Wildman–Crippen LogP) is 5.27. The number of aromatic hydroxyl groups is 1. The van der Waals surface area contributed by atoms with E-state index in [1.165, 1.54) is 16.3 Å². The van der Waals surface area contributed by atoms with Crippen molar-refractivity contribution in [1.82, 2.24) is 0 Å². The molecule has 110 valence electrons. The fourth-order valence-electron chi connectivity index (χ4n) is 2.77. The minimum absolute atomic E-state index is 0.0666. The first-order valence-electron chi connectivity index (χ1n) is 7.42. The summed E-state index contributed by atoms with van der Waals surface area (Å²) in [5.41, 5.74) is 1.95. The summed E-state index contributed by atoms with van der Waals surface area (Å²) in [4.78, 5) is 0. The molecule has 0 aliphatic rings. The van der Waals surface area contributed by atoms with Crippen molar-refractivity contribution in [2.45, 2.75) is 12.5 Å². The van der Waals surface area contributed by atoms with Crippen molar-refractivity contribution in [3.05, 3.63) is 84.9 Å². The second kappa shape index (κ2) is 6.35. The van der Waals surface area contributed by atoms with E-state index in [0.717, 1.165) is 12.1 Å². The van der Waals surface area contributed by atoms with E-state index >= 15 is 0 Å². The molecule has 0 spiro atoms. The van der Waals surface area contributed by atoms with Gasteiger partial charge in [0.1, 0.15) is 5.75 Å². The number of rotatable bonds is 5. The van der Waals surface area contributed by atoms with Crippen molar-refractivity contribution < 1.29 is 5.11 Å². The minimum atomic E-state index is 0.0666. The number of phenolic OH excluding ortho intramolecular Hbond substituents is 1. The van der Waals surface area contributed by atoms with Gasteiger partial charge in [0.25, 0.3) is 0 Å². The summed E-state index contributed by atoms with van der Waals surface area (Å²) in [5, 5.41) is 15.9. The molecule has 0 saturated heterocycles. The average molecular weight is 289 g/mol. The van der Waals surface area contributed by atoms with Crippen LogP contribution in [-0.2, 0) is 0 Å². The summed E-state index contributed by atoms with van der Waals surface area (Å²) in [6.45, 7) is 3.87. The topological polar surface area (TPSA) is 32.3 Å². The molecule has 1 atom stereocenters. The molecule has 2 heteroatoms. The van der Waals surface area contributed by atoms with Gasteiger partial charge < -0.3 is 10.4 Å². The zero-order valence-electron chi connectivity index (χ0n) is 12.4. The highest BCUT2D eigenvalue weighted by Crippen LogP contribution is 2.32. The molecule has 3 rings (SSSR count). The van der Waals surface area contributed by atoms with Crippen molar-refractivity contribution in [2.24, 2.45) is 0 Å². The molecule has 0 heterocycles. The van der Waals surface area contributed by atoms with Crippen LogP contribution in [0.25, 0.3) is 10.8 Å². The fraction of sp³-hybridized carbons (Fsp3) is 0.100. The second-order valence-electron chi connectivity index (χ2n) is 5.31. The van der Waals surface area contributed by atoms with Crippen LogP contribution in [0.5, 0.6) is 5.75 Å². The van der Waals surface area contributed by atoms with E-state index in [-0.39, 0.29) is 11.8 Å². The monoisotopic (exact) mass is 289 g/mol. The van der Waals surface area contributed by atoms with E-state index in [4.69, 9.17) is 0 Å². The van der Waals surface area contributed by atoms with Gasteiger partial charge in [-0.05, 0) is 34.9 Å².